The van der Waals surface area contributed by atoms with Crippen LogP contribution in [0.5, 0.6) is 0 Å². The van der Waals surface area contributed by atoms with Gasteiger partial charge in [0.1, 0.15) is 0 Å². The average molecular weight is 210 g/mol. The molecule has 0 aromatic heterocycles. The lowest BCUT2D eigenvalue weighted by atomic mass is 9.84. The molecule has 2 rings (SSSR count). The average Bonchev–Trinajstić information content (AvgIpc) is 2.77. The Morgan fingerprint density at radius 1 is 1.40 bits per heavy atom. The molecule has 1 saturated carbocycles. The Hall–Kier alpha value is -0.0800. The summed E-state index contributed by atoms with van der Waals surface area (Å²) in [7, 11) is 2.07. The molecule has 2 bridgehead atoms. The number of piperidine rings is 1. The summed E-state index contributed by atoms with van der Waals surface area (Å²) in [6.07, 6.45) is 4.42. The summed E-state index contributed by atoms with van der Waals surface area (Å²) in [5.41, 5.74) is 0.388. The third kappa shape index (κ3) is 2.21. The van der Waals surface area contributed by atoms with Crippen molar-refractivity contribution < 1.29 is 0 Å². The quantitative estimate of drug-likeness (QED) is 0.764. The van der Waals surface area contributed by atoms with E-state index in [-0.39, 0.29) is 0 Å². The van der Waals surface area contributed by atoms with Gasteiger partial charge in [-0.25, -0.2) is 0 Å². The van der Waals surface area contributed by atoms with Crippen molar-refractivity contribution in [2.24, 2.45) is 11.3 Å². The van der Waals surface area contributed by atoms with Gasteiger partial charge in [0.2, 0.25) is 0 Å². The van der Waals surface area contributed by atoms with Crippen molar-refractivity contribution >= 4 is 0 Å². The molecule has 2 heteroatoms. The van der Waals surface area contributed by atoms with Gasteiger partial charge in [0.05, 0.1) is 0 Å². The van der Waals surface area contributed by atoms with Gasteiger partial charge in [0, 0.05) is 25.2 Å². The van der Waals surface area contributed by atoms with E-state index in [9.17, 15) is 0 Å². The van der Waals surface area contributed by atoms with E-state index >= 15 is 0 Å². The lowest BCUT2D eigenvalue weighted by molar-refractivity contribution is 0.118. The Morgan fingerprint density at radius 2 is 2.13 bits per heavy atom. The molecule has 0 spiro atoms. The van der Waals surface area contributed by atoms with E-state index in [0.29, 0.717) is 11.5 Å². The molecule has 0 aromatic rings. The monoisotopic (exact) mass is 210 g/mol. The fourth-order valence-corrected chi connectivity index (χ4v) is 3.27. The molecule has 1 saturated heterocycles. The molecule has 88 valence electrons. The highest BCUT2D eigenvalue weighted by Crippen LogP contribution is 2.39. The van der Waals surface area contributed by atoms with Gasteiger partial charge >= 0.3 is 0 Å². The normalized spacial score (nSPS) is 33.6. The maximum absolute atomic E-state index is 3.40. The number of hydrogen-bond donors (Lipinski definition) is 1. The molecular formula is C13H26N2. The van der Waals surface area contributed by atoms with Crippen LogP contribution in [0.25, 0.3) is 0 Å². The minimum absolute atomic E-state index is 0.388. The fourth-order valence-electron chi connectivity index (χ4n) is 3.27. The number of hydrogen-bond acceptors (Lipinski definition) is 2. The van der Waals surface area contributed by atoms with Crippen LogP contribution in [0.2, 0.25) is 0 Å². The van der Waals surface area contributed by atoms with Crippen LogP contribution >= 0.6 is 0 Å². The molecule has 2 aliphatic rings. The van der Waals surface area contributed by atoms with E-state index in [4.69, 9.17) is 0 Å². The summed E-state index contributed by atoms with van der Waals surface area (Å²) < 4.78 is 0. The first-order valence-electron chi connectivity index (χ1n) is 6.44. The molecular weight excluding hydrogens is 184 g/mol. The molecule has 15 heavy (non-hydrogen) atoms. The van der Waals surface area contributed by atoms with Crippen LogP contribution < -0.4 is 5.32 Å². The zero-order chi connectivity index (χ0) is 11.1. The fraction of sp³-hybridized carbons (Fsp3) is 1.00. The number of nitrogens with zero attached hydrogens (tertiary/aromatic N) is 1. The molecule has 1 aliphatic carbocycles. The molecule has 1 aliphatic heterocycles. The van der Waals surface area contributed by atoms with E-state index in [1.807, 2.05) is 0 Å². The van der Waals surface area contributed by atoms with Gasteiger partial charge in [0.25, 0.3) is 0 Å². The van der Waals surface area contributed by atoms with Gasteiger partial charge in [-0.05, 0) is 44.6 Å². The molecule has 1 heterocycles. The lowest BCUT2D eigenvalue weighted by Gasteiger charge is -2.38. The molecule has 0 amide bonds. The second kappa shape index (κ2) is 4.06. The van der Waals surface area contributed by atoms with Crippen LogP contribution in [0.3, 0.4) is 0 Å². The van der Waals surface area contributed by atoms with Crippen molar-refractivity contribution in [3.8, 4) is 0 Å². The smallest absolute Gasteiger partial charge is 0.00991 e. The van der Waals surface area contributed by atoms with Gasteiger partial charge in [-0.3, -0.25) is 4.90 Å². The van der Waals surface area contributed by atoms with Crippen molar-refractivity contribution in [3.05, 3.63) is 0 Å². The van der Waals surface area contributed by atoms with Crippen LogP contribution in [0.4, 0.5) is 0 Å². The maximum Gasteiger partial charge on any atom is 0.00991 e. The minimum atomic E-state index is 0.388. The van der Waals surface area contributed by atoms with E-state index in [1.165, 1.54) is 32.4 Å². The highest BCUT2D eigenvalue weighted by atomic mass is 15.2. The van der Waals surface area contributed by atoms with Crippen molar-refractivity contribution in [3.63, 3.8) is 0 Å². The molecule has 2 fully saturated rings. The summed E-state index contributed by atoms with van der Waals surface area (Å²) in [5, 5.41) is 3.40. The second-order valence-electron chi connectivity index (χ2n) is 6.26. The van der Waals surface area contributed by atoms with Gasteiger partial charge in [-0.15, -0.1) is 0 Å². The molecule has 2 nitrogen and oxygen atoms in total. The third-order valence-electron chi connectivity index (χ3n) is 4.74. The zero-order valence-corrected chi connectivity index (χ0v) is 10.7. The highest BCUT2D eigenvalue weighted by molar-refractivity contribution is 4.95. The number of rotatable bonds is 4. The molecule has 0 radical (unpaired) electrons. The first-order valence-corrected chi connectivity index (χ1v) is 6.44. The SMILES string of the molecule is CNC(C)C(C)(C)CN1CC2CCC1C2. The molecule has 0 aromatic carbocycles. The van der Waals surface area contributed by atoms with Crippen molar-refractivity contribution in [2.45, 2.75) is 52.1 Å². The Morgan fingerprint density at radius 3 is 2.60 bits per heavy atom. The van der Waals surface area contributed by atoms with Crippen molar-refractivity contribution in [2.75, 3.05) is 20.1 Å². The summed E-state index contributed by atoms with van der Waals surface area (Å²) in [4.78, 5) is 2.74. The van der Waals surface area contributed by atoms with E-state index < -0.39 is 0 Å². The van der Waals surface area contributed by atoms with Gasteiger partial charge < -0.3 is 5.32 Å². The summed E-state index contributed by atoms with van der Waals surface area (Å²) in [6.45, 7) is 9.70. The molecule has 3 atom stereocenters. The topological polar surface area (TPSA) is 15.3 Å². The van der Waals surface area contributed by atoms with Crippen LogP contribution in [0.1, 0.15) is 40.0 Å². The summed E-state index contributed by atoms with van der Waals surface area (Å²) >= 11 is 0. The van der Waals surface area contributed by atoms with Gasteiger partial charge in [0.15, 0.2) is 0 Å². The number of nitrogens with one attached hydrogen (secondary N) is 1. The predicted molar refractivity (Wildman–Crippen MR) is 65.0 cm³/mol. The number of fused-ring (bicyclic) bond motifs is 2. The number of likely N-dealkylation sites (tertiary alicyclic amines) is 1. The Balaban J connectivity index is 1.91. The molecule has 3 unspecified atom stereocenters. The molecule has 1 N–H and O–H groups in total. The first kappa shape index (κ1) is 11.4. The highest BCUT2D eigenvalue weighted by Gasteiger charge is 2.40. The maximum atomic E-state index is 3.40. The Labute approximate surface area is 94.4 Å². The van der Waals surface area contributed by atoms with E-state index in [0.717, 1.165) is 12.0 Å². The standard InChI is InChI=1S/C13H26N2/c1-10(14-4)13(2,3)9-15-8-11-5-6-12(15)7-11/h10-12,14H,5-9H2,1-4H3. The predicted octanol–water partition coefficient (Wildman–Crippen LogP) is 2.10. The van der Waals surface area contributed by atoms with E-state index in [1.54, 1.807) is 0 Å². The first-order chi connectivity index (χ1) is 7.03. The van der Waals surface area contributed by atoms with Crippen molar-refractivity contribution in [1.29, 1.82) is 0 Å². The zero-order valence-electron chi connectivity index (χ0n) is 10.7. The minimum Gasteiger partial charge on any atom is -0.317 e. The van der Waals surface area contributed by atoms with Crippen LogP contribution in [-0.4, -0.2) is 37.1 Å². The van der Waals surface area contributed by atoms with Crippen LogP contribution in [0, 0.1) is 11.3 Å². The Bertz CT molecular complexity index is 225. The van der Waals surface area contributed by atoms with Crippen molar-refractivity contribution in [1.82, 2.24) is 10.2 Å². The largest absolute Gasteiger partial charge is 0.317 e. The second-order valence-corrected chi connectivity index (χ2v) is 6.26. The summed E-state index contributed by atoms with van der Waals surface area (Å²) in [5.74, 6) is 1.02. The van der Waals surface area contributed by atoms with E-state index in [2.05, 4.69) is 38.0 Å². The van der Waals surface area contributed by atoms with Gasteiger partial charge in [-0.1, -0.05) is 13.8 Å². The van der Waals surface area contributed by atoms with Gasteiger partial charge in [-0.2, -0.15) is 0 Å². The summed E-state index contributed by atoms with van der Waals surface area (Å²) in [6, 6.07) is 1.51. The van der Waals surface area contributed by atoms with Crippen LogP contribution in [-0.2, 0) is 0 Å². The van der Waals surface area contributed by atoms with Crippen LogP contribution in [0.15, 0.2) is 0 Å². The lowest BCUT2D eigenvalue weighted by Crippen LogP contribution is -2.47. The third-order valence-corrected chi connectivity index (χ3v) is 4.74. The Kier molecular flexibility index (Phi) is 3.09.